The molecule has 5 nitrogen and oxygen atoms in total. The molecule has 2 N–H and O–H groups in total. The number of benzene rings is 1. The second-order valence-electron chi connectivity index (χ2n) is 4.76. The Morgan fingerprint density at radius 2 is 2.16 bits per heavy atom. The number of likely N-dealkylation sites (N-methyl/N-ethyl adjacent to an activating group) is 1. The maximum absolute atomic E-state index is 10.1. The molecule has 0 spiro atoms. The minimum atomic E-state index is 0.414. The van der Waals surface area contributed by atoms with E-state index in [2.05, 4.69) is 40.1 Å². The molecule has 1 aromatic carbocycles. The van der Waals surface area contributed by atoms with E-state index in [1.165, 1.54) is 5.56 Å². The lowest BCUT2D eigenvalue weighted by Crippen LogP contribution is -2.45. The number of hydrogen-bond donors (Lipinski definition) is 2. The van der Waals surface area contributed by atoms with Crippen LogP contribution in [0.4, 0.5) is 0 Å². The quantitative estimate of drug-likeness (QED) is 0.361. The van der Waals surface area contributed by atoms with Crippen molar-refractivity contribution in [2.45, 2.75) is 24.9 Å². The predicted octanol–water partition coefficient (Wildman–Crippen LogP) is 1.10. The van der Waals surface area contributed by atoms with Crippen molar-refractivity contribution in [1.82, 2.24) is 15.6 Å². The Balaban J connectivity index is 1.84. The molecule has 19 heavy (non-hydrogen) atoms. The molecule has 2 rings (SSSR count). The second-order valence-corrected chi connectivity index (χ2v) is 4.76. The van der Waals surface area contributed by atoms with E-state index in [-0.39, 0.29) is 0 Å². The Morgan fingerprint density at radius 1 is 1.37 bits per heavy atom. The van der Waals surface area contributed by atoms with Gasteiger partial charge < -0.3 is 10.2 Å². The van der Waals surface area contributed by atoms with Crippen LogP contribution in [0.3, 0.4) is 0 Å². The Morgan fingerprint density at radius 3 is 2.79 bits per heavy atom. The zero-order valence-electron chi connectivity index (χ0n) is 11.1. The lowest BCUT2D eigenvalue weighted by Gasteiger charge is -2.34. The zero-order valence-corrected chi connectivity index (χ0v) is 11.1. The Hall–Kier alpha value is -1.88. The molecule has 2 atom stereocenters. The summed E-state index contributed by atoms with van der Waals surface area (Å²) < 4.78 is 0. The first-order valence-electron chi connectivity index (χ1n) is 6.54. The average molecular weight is 260 g/mol. The fraction of sp³-hybridized carbons (Fsp3) is 0.429. The van der Waals surface area contributed by atoms with Gasteiger partial charge in [-0.1, -0.05) is 30.3 Å². The number of carbonyl (C=O) groups excluding carboxylic acids is 1. The van der Waals surface area contributed by atoms with E-state index in [4.69, 9.17) is 0 Å². The van der Waals surface area contributed by atoms with Crippen LogP contribution in [0.5, 0.6) is 0 Å². The molecule has 0 aliphatic carbocycles. The van der Waals surface area contributed by atoms with Crippen molar-refractivity contribution in [3.05, 3.63) is 35.9 Å². The van der Waals surface area contributed by atoms with E-state index in [9.17, 15) is 4.79 Å². The summed E-state index contributed by atoms with van der Waals surface area (Å²) in [5.74, 6) is 0. The third-order valence-electron chi connectivity index (χ3n) is 3.53. The molecule has 1 amide bonds. The van der Waals surface area contributed by atoms with Crippen LogP contribution in [0.25, 0.3) is 0 Å². The van der Waals surface area contributed by atoms with Gasteiger partial charge in [-0.15, -0.1) is 0 Å². The van der Waals surface area contributed by atoms with Crippen LogP contribution in [0.15, 0.2) is 35.4 Å². The van der Waals surface area contributed by atoms with E-state index in [0.29, 0.717) is 18.5 Å². The van der Waals surface area contributed by atoms with E-state index >= 15 is 0 Å². The highest BCUT2D eigenvalue weighted by molar-refractivity contribution is 5.57. The molecular weight excluding hydrogens is 240 g/mol. The Labute approximate surface area is 113 Å². The number of piperidine rings is 1. The van der Waals surface area contributed by atoms with Gasteiger partial charge in [0.05, 0.1) is 0 Å². The largest absolute Gasteiger partial charge is 0.360 e. The number of carbonyl (C=O) groups is 1. The van der Waals surface area contributed by atoms with Gasteiger partial charge in [0.1, 0.15) is 6.34 Å². The number of hydrazone groups is 1. The minimum absolute atomic E-state index is 0.414. The third kappa shape index (κ3) is 3.79. The second kappa shape index (κ2) is 6.89. The summed E-state index contributed by atoms with van der Waals surface area (Å²) in [6.45, 7) is 0.920. The third-order valence-corrected chi connectivity index (χ3v) is 3.53. The summed E-state index contributed by atoms with van der Waals surface area (Å²) in [5.41, 5.74) is 3.63. The number of amides is 1. The standard InChI is InChI=1S/C14H20N4O/c1-18(10-16-17-11-19)13-7-8-14(15-9-13)12-5-3-2-4-6-12/h2-6,10-11,13-15H,7-9H2,1H3,(H,17,19)/b16-10-. The van der Waals surface area contributed by atoms with Crippen LogP contribution >= 0.6 is 0 Å². The molecule has 0 saturated carbocycles. The molecule has 0 bridgehead atoms. The highest BCUT2D eigenvalue weighted by Gasteiger charge is 2.23. The van der Waals surface area contributed by atoms with Crippen LogP contribution in [-0.2, 0) is 4.79 Å². The van der Waals surface area contributed by atoms with Gasteiger partial charge in [0.15, 0.2) is 0 Å². The summed E-state index contributed by atoms with van der Waals surface area (Å²) in [6.07, 6.45) is 4.43. The first kappa shape index (κ1) is 13.5. The van der Waals surface area contributed by atoms with Crippen molar-refractivity contribution < 1.29 is 4.79 Å². The monoisotopic (exact) mass is 260 g/mol. The molecule has 0 aromatic heterocycles. The molecular formula is C14H20N4O. The molecule has 1 saturated heterocycles. The van der Waals surface area contributed by atoms with E-state index in [1.807, 2.05) is 18.0 Å². The highest BCUT2D eigenvalue weighted by Crippen LogP contribution is 2.24. The van der Waals surface area contributed by atoms with Crippen LogP contribution < -0.4 is 10.7 Å². The van der Waals surface area contributed by atoms with E-state index in [1.54, 1.807) is 6.34 Å². The number of nitrogens with one attached hydrogen (secondary N) is 2. The normalized spacial score (nSPS) is 23.2. The molecule has 1 fully saturated rings. The van der Waals surface area contributed by atoms with Gasteiger partial charge in [-0.2, -0.15) is 5.10 Å². The number of hydrogen-bond acceptors (Lipinski definition) is 3. The van der Waals surface area contributed by atoms with Gasteiger partial charge in [0.25, 0.3) is 0 Å². The fourth-order valence-electron chi connectivity index (χ4n) is 2.41. The van der Waals surface area contributed by atoms with E-state index < -0.39 is 0 Å². The lowest BCUT2D eigenvalue weighted by atomic mass is 9.94. The van der Waals surface area contributed by atoms with Crippen LogP contribution in [-0.4, -0.2) is 37.3 Å². The maximum Gasteiger partial charge on any atom is 0.227 e. The SMILES string of the molecule is CN(/C=N\NC=O)C1CCC(c2ccccc2)NC1. The summed E-state index contributed by atoms with van der Waals surface area (Å²) in [6, 6.07) is 11.4. The van der Waals surface area contributed by atoms with Crippen LogP contribution in [0.2, 0.25) is 0 Å². The van der Waals surface area contributed by atoms with Crippen molar-refractivity contribution in [3.8, 4) is 0 Å². The van der Waals surface area contributed by atoms with Crippen molar-refractivity contribution in [3.63, 3.8) is 0 Å². The van der Waals surface area contributed by atoms with Crippen molar-refractivity contribution in [2.24, 2.45) is 5.10 Å². The van der Waals surface area contributed by atoms with Gasteiger partial charge in [0, 0.05) is 25.7 Å². The topological polar surface area (TPSA) is 56.7 Å². The van der Waals surface area contributed by atoms with Crippen molar-refractivity contribution >= 4 is 12.7 Å². The van der Waals surface area contributed by atoms with Gasteiger partial charge in [-0.3, -0.25) is 4.79 Å². The lowest BCUT2D eigenvalue weighted by molar-refractivity contribution is -0.109. The molecule has 5 heteroatoms. The molecule has 1 aromatic rings. The van der Waals surface area contributed by atoms with Crippen LogP contribution in [0.1, 0.15) is 24.4 Å². The molecule has 1 aliphatic rings. The van der Waals surface area contributed by atoms with Crippen LogP contribution in [0, 0.1) is 0 Å². The summed E-state index contributed by atoms with van der Waals surface area (Å²) in [5, 5.41) is 7.36. The minimum Gasteiger partial charge on any atom is -0.360 e. The maximum atomic E-state index is 10.1. The first-order chi connectivity index (χ1) is 9.31. The van der Waals surface area contributed by atoms with E-state index in [0.717, 1.165) is 19.4 Å². The molecule has 1 heterocycles. The Kier molecular flexibility index (Phi) is 4.92. The summed E-state index contributed by atoms with van der Waals surface area (Å²) in [7, 11) is 1.98. The smallest absolute Gasteiger partial charge is 0.227 e. The summed E-state index contributed by atoms with van der Waals surface area (Å²) >= 11 is 0. The van der Waals surface area contributed by atoms with Gasteiger partial charge in [0.2, 0.25) is 6.41 Å². The van der Waals surface area contributed by atoms with Gasteiger partial charge >= 0.3 is 0 Å². The predicted molar refractivity (Wildman–Crippen MR) is 75.7 cm³/mol. The summed E-state index contributed by atoms with van der Waals surface area (Å²) in [4.78, 5) is 12.1. The molecule has 2 unspecified atom stereocenters. The molecule has 0 radical (unpaired) electrons. The molecule has 1 aliphatic heterocycles. The van der Waals surface area contributed by atoms with Crippen molar-refractivity contribution in [2.75, 3.05) is 13.6 Å². The van der Waals surface area contributed by atoms with Crippen molar-refractivity contribution in [1.29, 1.82) is 0 Å². The Bertz CT molecular complexity index is 413. The van der Waals surface area contributed by atoms with Gasteiger partial charge in [-0.05, 0) is 18.4 Å². The zero-order chi connectivity index (χ0) is 13.5. The molecule has 102 valence electrons. The van der Waals surface area contributed by atoms with Gasteiger partial charge in [-0.25, -0.2) is 5.43 Å². The number of rotatable bonds is 5. The highest BCUT2D eigenvalue weighted by atomic mass is 16.1. The average Bonchev–Trinajstić information content (AvgIpc) is 2.48. The fourth-order valence-corrected chi connectivity index (χ4v) is 2.41. The first-order valence-corrected chi connectivity index (χ1v) is 6.54. The number of nitrogens with zero attached hydrogens (tertiary/aromatic N) is 2.